The Hall–Kier alpha value is -0.380. The van der Waals surface area contributed by atoms with Crippen LogP contribution in [-0.4, -0.2) is 30.2 Å². The molecule has 0 amide bonds. The number of rotatable bonds is 5. The molecule has 0 spiro atoms. The van der Waals surface area contributed by atoms with Gasteiger partial charge in [0.05, 0.1) is 0 Å². The van der Waals surface area contributed by atoms with E-state index in [1.807, 2.05) is 0 Å². The minimum Gasteiger partial charge on any atom is -0.396 e. The smallest absolute Gasteiger partial charge is 0.0468 e. The number of thiophene rings is 1. The second kappa shape index (κ2) is 5.37. The monoisotopic (exact) mass is 199 g/mol. The molecular formula is C10H17NOS. The van der Waals surface area contributed by atoms with Crippen LogP contribution in [0.5, 0.6) is 0 Å². The van der Waals surface area contributed by atoms with E-state index in [1.165, 1.54) is 4.88 Å². The summed E-state index contributed by atoms with van der Waals surface area (Å²) in [5, 5.41) is 11.0. The highest BCUT2D eigenvalue weighted by atomic mass is 32.1. The molecule has 1 heterocycles. The molecule has 3 heteroatoms. The largest absolute Gasteiger partial charge is 0.396 e. The van der Waals surface area contributed by atoms with Crippen molar-refractivity contribution < 1.29 is 5.11 Å². The van der Waals surface area contributed by atoms with Gasteiger partial charge >= 0.3 is 0 Å². The van der Waals surface area contributed by atoms with E-state index in [1.54, 1.807) is 11.3 Å². The van der Waals surface area contributed by atoms with Gasteiger partial charge in [0.15, 0.2) is 0 Å². The second-order valence-electron chi connectivity index (χ2n) is 3.56. The number of nitrogens with zero attached hydrogens (tertiary/aromatic N) is 1. The third kappa shape index (κ3) is 3.89. The average molecular weight is 199 g/mol. The Morgan fingerprint density at radius 1 is 1.62 bits per heavy atom. The standard InChI is InChI=1S/C10H17NOS/c1-9(8-12)6-11(2)7-10-4-3-5-13-10/h3-5,9,12H,6-8H2,1-2H3. The summed E-state index contributed by atoms with van der Waals surface area (Å²) in [5.74, 6) is 0.366. The van der Waals surface area contributed by atoms with Crippen LogP contribution in [0.2, 0.25) is 0 Å². The van der Waals surface area contributed by atoms with Crippen LogP contribution < -0.4 is 0 Å². The number of aliphatic hydroxyl groups excluding tert-OH is 1. The van der Waals surface area contributed by atoms with Gasteiger partial charge in [0, 0.05) is 24.6 Å². The molecule has 1 aromatic rings. The molecule has 1 atom stereocenters. The third-order valence-electron chi connectivity index (χ3n) is 1.94. The van der Waals surface area contributed by atoms with Crippen LogP contribution in [0.3, 0.4) is 0 Å². The predicted octanol–water partition coefficient (Wildman–Crippen LogP) is 1.81. The maximum atomic E-state index is 8.89. The summed E-state index contributed by atoms with van der Waals surface area (Å²) in [7, 11) is 2.09. The van der Waals surface area contributed by atoms with Gasteiger partial charge in [-0.15, -0.1) is 11.3 Å². The normalized spacial score (nSPS) is 13.5. The molecule has 1 N–H and O–H groups in total. The maximum Gasteiger partial charge on any atom is 0.0468 e. The van der Waals surface area contributed by atoms with Crippen LogP contribution in [0, 0.1) is 5.92 Å². The molecule has 0 radical (unpaired) electrons. The first-order valence-corrected chi connectivity index (χ1v) is 5.42. The molecule has 0 aromatic carbocycles. The Morgan fingerprint density at radius 3 is 2.92 bits per heavy atom. The van der Waals surface area contributed by atoms with Gasteiger partial charge in [-0.25, -0.2) is 0 Å². The summed E-state index contributed by atoms with van der Waals surface area (Å²) in [5.41, 5.74) is 0. The van der Waals surface area contributed by atoms with E-state index in [9.17, 15) is 0 Å². The van der Waals surface area contributed by atoms with Gasteiger partial charge in [0.25, 0.3) is 0 Å². The van der Waals surface area contributed by atoms with E-state index in [-0.39, 0.29) is 6.61 Å². The molecule has 2 nitrogen and oxygen atoms in total. The second-order valence-corrected chi connectivity index (χ2v) is 4.60. The molecule has 1 aromatic heterocycles. The molecule has 0 saturated carbocycles. The van der Waals surface area contributed by atoms with Crippen LogP contribution in [0.15, 0.2) is 17.5 Å². The summed E-state index contributed by atoms with van der Waals surface area (Å²) >= 11 is 1.78. The van der Waals surface area contributed by atoms with E-state index in [0.29, 0.717) is 5.92 Å². The molecule has 1 unspecified atom stereocenters. The summed E-state index contributed by atoms with van der Waals surface area (Å²) < 4.78 is 0. The van der Waals surface area contributed by atoms with Crippen molar-refractivity contribution in [2.75, 3.05) is 20.2 Å². The highest BCUT2D eigenvalue weighted by Crippen LogP contribution is 2.11. The van der Waals surface area contributed by atoms with Crippen molar-refractivity contribution in [3.05, 3.63) is 22.4 Å². The summed E-state index contributed by atoms with van der Waals surface area (Å²) in [4.78, 5) is 3.62. The quantitative estimate of drug-likeness (QED) is 0.782. The van der Waals surface area contributed by atoms with Crippen molar-refractivity contribution in [2.24, 2.45) is 5.92 Å². The van der Waals surface area contributed by atoms with Crippen molar-refractivity contribution in [1.82, 2.24) is 4.90 Å². The molecule has 74 valence electrons. The Balaban J connectivity index is 2.29. The topological polar surface area (TPSA) is 23.5 Å². The number of hydrogen-bond acceptors (Lipinski definition) is 3. The Morgan fingerprint density at radius 2 is 2.38 bits per heavy atom. The van der Waals surface area contributed by atoms with Crippen molar-refractivity contribution in [2.45, 2.75) is 13.5 Å². The molecule has 13 heavy (non-hydrogen) atoms. The van der Waals surface area contributed by atoms with Crippen LogP contribution in [0.1, 0.15) is 11.8 Å². The van der Waals surface area contributed by atoms with Gasteiger partial charge in [-0.2, -0.15) is 0 Å². The number of aliphatic hydroxyl groups is 1. The first-order chi connectivity index (χ1) is 6.22. The zero-order chi connectivity index (χ0) is 9.68. The maximum absolute atomic E-state index is 8.89. The molecule has 0 aliphatic carbocycles. The summed E-state index contributed by atoms with van der Waals surface area (Å²) in [6, 6.07) is 4.22. The van der Waals surface area contributed by atoms with Crippen LogP contribution in [0.25, 0.3) is 0 Å². The number of hydrogen-bond donors (Lipinski definition) is 1. The van der Waals surface area contributed by atoms with E-state index in [0.717, 1.165) is 13.1 Å². The lowest BCUT2D eigenvalue weighted by Crippen LogP contribution is -2.25. The van der Waals surface area contributed by atoms with Gasteiger partial charge in [0.2, 0.25) is 0 Å². The highest BCUT2D eigenvalue weighted by Gasteiger charge is 2.05. The zero-order valence-corrected chi connectivity index (χ0v) is 9.05. The van der Waals surface area contributed by atoms with E-state index in [4.69, 9.17) is 5.11 Å². The van der Waals surface area contributed by atoms with E-state index >= 15 is 0 Å². The summed E-state index contributed by atoms with van der Waals surface area (Å²) in [6.07, 6.45) is 0. The van der Waals surface area contributed by atoms with Gasteiger partial charge < -0.3 is 10.0 Å². The Kier molecular flexibility index (Phi) is 4.42. The van der Waals surface area contributed by atoms with Crippen molar-refractivity contribution in [3.8, 4) is 0 Å². The highest BCUT2D eigenvalue weighted by molar-refractivity contribution is 7.09. The van der Waals surface area contributed by atoms with Gasteiger partial charge in [-0.05, 0) is 24.4 Å². The predicted molar refractivity (Wildman–Crippen MR) is 56.9 cm³/mol. The molecule has 1 rings (SSSR count). The molecular weight excluding hydrogens is 182 g/mol. The molecule has 0 aliphatic rings. The van der Waals surface area contributed by atoms with E-state index < -0.39 is 0 Å². The zero-order valence-electron chi connectivity index (χ0n) is 8.23. The first-order valence-electron chi connectivity index (χ1n) is 4.54. The van der Waals surface area contributed by atoms with Crippen LogP contribution in [-0.2, 0) is 6.54 Å². The van der Waals surface area contributed by atoms with Gasteiger partial charge in [0.1, 0.15) is 0 Å². The Bertz CT molecular complexity index is 223. The fourth-order valence-electron chi connectivity index (χ4n) is 1.32. The van der Waals surface area contributed by atoms with Crippen LogP contribution in [0.4, 0.5) is 0 Å². The van der Waals surface area contributed by atoms with Crippen LogP contribution >= 0.6 is 11.3 Å². The average Bonchev–Trinajstić information content (AvgIpc) is 2.56. The molecule has 0 fully saturated rings. The molecule has 0 aliphatic heterocycles. The van der Waals surface area contributed by atoms with E-state index in [2.05, 4.69) is 36.4 Å². The fourth-order valence-corrected chi connectivity index (χ4v) is 2.11. The Labute approximate surface area is 83.8 Å². The SMILES string of the molecule is CC(CO)CN(C)Cc1cccs1. The minimum absolute atomic E-state index is 0.273. The van der Waals surface area contributed by atoms with Gasteiger partial charge in [-0.3, -0.25) is 0 Å². The summed E-state index contributed by atoms with van der Waals surface area (Å²) in [6.45, 7) is 4.27. The lowest BCUT2D eigenvalue weighted by molar-refractivity contribution is 0.188. The minimum atomic E-state index is 0.273. The van der Waals surface area contributed by atoms with Crippen molar-refractivity contribution >= 4 is 11.3 Å². The lowest BCUT2D eigenvalue weighted by Gasteiger charge is -2.18. The molecule has 0 saturated heterocycles. The molecule has 0 bridgehead atoms. The van der Waals surface area contributed by atoms with Crippen molar-refractivity contribution in [3.63, 3.8) is 0 Å². The van der Waals surface area contributed by atoms with Gasteiger partial charge in [-0.1, -0.05) is 13.0 Å². The fraction of sp³-hybridized carbons (Fsp3) is 0.600. The lowest BCUT2D eigenvalue weighted by atomic mass is 10.2. The van der Waals surface area contributed by atoms with Crippen molar-refractivity contribution in [1.29, 1.82) is 0 Å². The first kappa shape index (κ1) is 10.7. The third-order valence-corrected chi connectivity index (χ3v) is 2.80.